The fraction of sp³-hybridized carbons (Fsp3) is 0.0476. The van der Waals surface area contributed by atoms with Gasteiger partial charge in [-0.25, -0.2) is 9.82 Å². The van der Waals surface area contributed by atoms with Crippen molar-refractivity contribution in [1.82, 2.24) is 9.99 Å². The van der Waals surface area contributed by atoms with Gasteiger partial charge in [0.25, 0.3) is 5.91 Å². The van der Waals surface area contributed by atoms with Gasteiger partial charge in [0.05, 0.1) is 11.1 Å². The van der Waals surface area contributed by atoms with Crippen LogP contribution in [0.2, 0.25) is 0 Å². The van der Waals surface area contributed by atoms with Crippen LogP contribution in [0, 0.1) is 5.82 Å². The summed E-state index contributed by atoms with van der Waals surface area (Å²) in [6.07, 6.45) is 3.60. The smallest absolute Gasteiger partial charge is 0.281 e. The zero-order valence-electron chi connectivity index (χ0n) is 14.3. The minimum Gasteiger partial charge on any atom is -0.343 e. The van der Waals surface area contributed by atoms with Crippen molar-refractivity contribution in [2.24, 2.45) is 5.10 Å². The van der Waals surface area contributed by atoms with E-state index in [9.17, 15) is 9.18 Å². The van der Waals surface area contributed by atoms with E-state index in [1.165, 1.54) is 17.4 Å². The van der Waals surface area contributed by atoms with E-state index in [-0.39, 0.29) is 11.7 Å². The molecule has 1 N–H and O–H groups in total. The molecule has 0 saturated carbocycles. The van der Waals surface area contributed by atoms with Gasteiger partial charge in [-0.2, -0.15) is 5.10 Å². The molecule has 0 spiro atoms. The Kier molecular flexibility index (Phi) is 4.80. The van der Waals surface area contributed by atoms with Crippen LogP contribution in [0.15, 0.2) is 77.3 Å². The number of hydrazone groups is 1. The van der Waals surface area contributed by atoms with Crippen LogP contribution in [0.3, 0.4) is 0 Å². The molecule has 1 amide bonds. The Labute approximate surface area is 159 Å². The number of halogens is 1. The standard InChI is InChI=1S/C21H16FN3OS/c22-18-4-1-3-16(12-18)14-25-9-8-17-11-15(6-7-19(17)25)13-23-24-21(26)20-5-2-10-27-20/h1-13H,14H2,(H,24,26)/b23-13-. The average Bonchev–Trinajstić information content (AvgIpc) is 3.32. The maximum atomic E-state index is 13.4. The van der Waals surface area contributed by atoms with E-state index in [1.54, 1.807) is 24.4 Å². The number of benzene rings is 2. The second kappa shape index (κ2) is 7.55. The third kappa shape index (κ3) is 3.96. The van der Waals surface area contributed by atoms with Crippen molar-refractivity contribution in [3.05, 3.63) is 94.1 Å². The van der Waals surface area contributed by atoms with Gasteiger partial charge in [-0.1, -0.05) is 24.3 Å². The molecule has 0 bridgehead atoms. The van der Waals surface area contributed by atoms with Crippen molar-refractivity contribution in [3.63, 3.8) is 0 Å². The van der Waals surface area contributed by atoms with Crippen LogP contribution in [-0.2, 0) is 6.54 Å². The maximum Gasteiger partial charge on any atom is 0.281 e. The predicted molar refractivity (Wildman–Crippen MR) is 107 cm³/mol. The summed E-state index contributed by atoms with van der Waals surface area (Å²) in [4.78, 5) is 12.5. The number of thiophene rings is 1. The van der Waals surface area contributed by atoms with Crippen molar-refractivity contribution >= 4 is 34.4 Å². The molecule has 0 atom stereocenters. The highest BCUT2D eigenvalue weighted by atomic mass is 32.1. The lowest BCUT2D eigenvalue weighted by molar-refractivity contribution is 0.0959. The first kappa shape index (κ1) is 17.2. The predicted octanol–water partition coefficient (Wildman–Crippen LogP) is 4.65. The molecule has 0 aliphatic rings. The Morgan fingerprint density at radius 1 is 1.15 bits per heavy atom. The Morgan fingerprint density at radius 2 is 2.07 bits per heavy atom. The summed E-state index contributed by atoms with van der Waals surface area (Å²) in [6.45, 7) is 0.603. The molecule has 4 nitrogen and oxygen atoms in total. The summed E-state index contributed by atoms with van der Waals surface area (Å²) in [5, 5.41) is 6.93. The van der Waals surface area contributed by atoms with Crippen molar-refractivity contribution in [3.8, 4) is 0 Å². The summed E-state index contributed by atoms with van der Waals surface area (Å²) < 4.78 is 15.4. The third-order valence-corrected chi connectivity index (χ3v) is 5.03. The molecule has 0 unspecified atom stereocenters. The molecule has 27 heavy (non-hydrogen) atoms. The maximum absolute atomic E-state index is 13.4. The van der Waals surface area contributed by atoms with Crippen LogP contribution in [-0.4, -0.2) is 16.7 Å². The molecule has 6 heteroatoms. The molecule has 4 rings (SSSR count). The Balaban J connectivity index is 1.48. The second-order valence-electron chi connectivity index (χ2n) is 6.07. The second-order valence-corrected chi connectivity index (χ2v) is 7.02. The zero-order chi connectivity index (χ0) is 18.6. The van der Waals surface area contributed by atoms with Crippen LogP contribution in [0.25, 0.3) is 10.9 Å². The first-order valence-corrected chi connectivity index (χ1v) is 9.27. The molecule has 2 heterocycles. The van der Waals surface area contributed by atoms with Gasteiger partial charge in [0.15, 0.2) is 0 Å². The molecule has 0 aliphatic carbocycles. The topological polar surface area (TPSA) is 46.4 Å². The van der Waals surface area contributed by atoms with Crippen LogP contribution in [0.1, 0.15) is 20.8 Å². The molecule has 0 radical (unpaired) electrons. The lowest BCUT2D eigenvalue weighted by atomic mass is 10.1. The highest BCUT2D eigenvalue weighted by molar-refractivity contribution is 7.12. The Hall–Kier alpha value is -3.25. The summed E-state index contributed by atoms with van der Waals surface area (Å²) in [5.74, 6) is -0.448. The SMILES string of the molecule is O=C(N/N=C\c1ccc2c(ccn2Cc2cccc(F)c2)c1)c1cccs1. The quantitative estimate of drug-likeness (QED) is 0.399. The number of nitrogens with zero attached hydrogens (tertiary/aromatic N) is 2. The summed E-state index contributed by atoms with van der Waals surface area (Å²) in [6, 6.07) is 18.1. The van der Waals surface area contributed by atoms with E-state index in [0.29, 0.717) is 11.4 Å². The Bertz CT molecular complexity index is 1120. The summed E-state index contributed by atoms with van der Waals surface area (Å²) in [5.41, 5.74) is 5.38. The van der Waals surface area contributed by atoms with Crippen LogP contribution in [0.4, 0.5) is 4.39 Å². The van der Waals surface area contributed by atoms with Gasteiger partial charge in [-0.05, 0) is 52.9 Å². The molecule has 0 saturated heterocycles. The monoisotopic (exact) mass is 377 g/mol. The van der Waals surface area contributed by atoms with Crippen molar-refractivity contribution in [2.75, 3.05) is 0 Å². The fourth-order valence-electron chi connectivity index (χ4n) is 2.90. The van der Waals surface area contributed by atoms with Crippen LogP contribution >= 0.6 is 11.3 Å². The van der Waals surface area contributed by atoms with Gasteiger partial charge >= 0.3 is 0 Å². The lowest BCUT2D eigenvalue weighted by Gasteiger charge is -2.06. The van der Waals surface area contributed by atoms with Crippen LogP contribution in [0.5, 0.6) is 0 Å². The van der Waals surface area contributed by atoms with Gasteiger partial charge < -0.3 is 4.57 Å². The van der Waals surface area contributed by atoms with E-state index in [0.717, 1.165) is 22.0 Å². The van der Waals surface area contributed by atoms with Gasteiger partial charge in [0.2, 0.25) is 0 Å². The molecule has 0 fully saturated rings. The number of aromatic nitrogens is 1. The minimum atomic E-state index is -0.230. The number of amides is 1. The van der Waals surface area contributed by atoms with Gasteiger partial charge in [-0.3, -0.25) is 4.79 Å². The molecule has 4 aromatic rings. The average molecular weight is 377 g/mol. The number of hydrogen-bond acceptors (Lipinski definition) is 3. The zero-order valence-corrected chi connectivity index (χ0v) is 15.1. The molecule has 134 valence electrons. The molecular weight excluding hydrogens is 361 g/mol. The normalized spacial score (nSPS) is 11.3. The van der Waals surface area contributed by atoms with E-state index < -0.39 is 0 Å². The highest BCUT2D eigenvalue weighted by Crippen LogP contribution is 2.19. The number of hydrogen-bond donors (Lipinski definition) is 1. The third-order valence-electron chi connectivity index (χ3n) is 4.16. The van der Waals surface area contributed by atoms with E-state index >= 15 is 0 Å². The largest absolute Gasteiger partial charge is 0.343 e. The fourth-order valence-corrected chi connectivity index (χ4v) is 3.51. The number of rotatable bonds is 5. The van der Waals surface area contributed by atoms with Gasteiger partial charge in [0.1, 0.15) is 5.82 Å². The lowest BCUT2D eigenvalue weighted by Crippen LogP contribution is -2.16. The number of carbonyl (C=O) groups is 1. The van der Waals surface area contributed by atoms with Gasteiger partial charge in [0, 0.05) is 23.6 Å². The highest BCUT2D eigenvalue weighted by Gasteiger charge is 2.05. The molecule has 2 aromatic heterocycles. The van der Waals surface area contributed by atoms with E-state index in [1.807, 2.05) is 48.0 Å². The number of fused-ring (bicyclic) bond motifs is 1. The first-order valence-electron chi connectivity index (χ1n) is 8.39. The van der Waals surface area contributed by atoms with Crippen molar-refractivity contribution in [1.29, 1.82) is 0 Å². The van der Waals surface area contributed by atoms with Crippen molar-refractivity contribution < 1.29 is 9.18 Å². The molecular formula is C21H16FN3OS. The van der Waals surface area contributed by atoms with Gasteiger partial charge in [-0.15, -0.1) is 11.3 Å². The van der Waals surface area contributed by atoms with E-state index in [2.05, 4.69) is 15.1 Å². The number of carbonyl (C=O) groups excluding carboxylic acids is 1. The molecule has 2 aromatic carbocycles. The van der Waals surface area contributed by atoms with E-state index in [4.69, 9.17) is 0 Å². The number of nitrogens with one attached hydrogen (secondary N) is 1. The first-order chi connectivity index (χ1) is 13.2. The minimum absolute atomic E-state index is 0.219. The summed E-state index contributed by atoms with van der Waals surface area (Å²) in [7, 11) is 0. The van der Waals surface area contributed by atoms with Crippen LogP contribution < -0.4 is 5.43 Å². The van der Waals surface area contributed by atoms with Crippen molar-refractivity contribution in [2.45, 2.75) is 6.54 Å². The summed E-state index contributed by atoms with van der Waals surface area (Å²) >= 11 is 1.37. The molecule has 0 aliphatic heterocycles. The Morgan fingerprint density at radius 3 is 2.89 bits per heavy atom.